The summed E-state index contributed by atoms with van der Waals surface area (Å²) in [4.78, 5) is 58.4. The number of thiophene rings is 2. The summed E-state index contributed by atoms with van der Waals surface area (Å²) in [5.74, 6) is -0.862. The molecule has 0 radical (unpaired) electrons. The zero-order valence-corrected chi connectivity index (χ0v) is 27.4. The van der Waals surface area contributed by atoms with Crippen LogP contribution in [0.3, 0.4) is 0 Å². The van der Waals surface area contributed by atoms with Crippen molar-refractivity contribution in [2.45, 2.75) is 37.5 Å². The number of Topliss-reactive ketones (excluding diaryl/α,β-unsaturated/α-hetero) is 4. The third-order valence-corrected chi connectivity index (χ3v) is 13.1. The minimum atomic E-state index is -0.216. The molecule has 4 aromatic carbocycles. The van der Waals surface area contributed by atoms with Crippen LogP contribution < -0.4 is 0 Å². The van der Waals surface area contributed by atoms with Crippen molar-refractivity contribution < 1.29 is 19.2 Å². The molecular weight excluding hydrogens is 633 g/mol. The van der Waals surface area contributed by atoms with Gasteiger partial charge in [-0.25, -0.2) is 0 Å². The summed E-state index contributed by atoms with van der Waals surface area (Å²) in [7, 11) is 0. The second kappa shape index (κ2) is 9.99. The Bertz CT molecular complexity index is 2280. The van der Waals surface area contributed by atoms with Gasteiger partial charge in [0.15, 0.2) is 23.1 Å². The first-order valence-electron chi connectivity index (χ1n) is 16.4. The van der Waals surface area contributed by atoms with E-state index >= 15 is 0 Å². The van der Waals surface area contributed by atoms with Crippen molar-refractivity contribution in [1.82, 2.24) is 0 Å². The van der Waals surface area contributed by atoms with Crippen molar-refractivity contribution in [2.24, 2.45) is 0 Å². The summed E-state index contributed by atoms with van der Waals surface area (Å²) in [6, 6.07) is 27.4. The van der Waals surface area contributed by atoms with E-state index in [1.807, 2.05) is 72.8 Å². The van der Waals surface area contributed by atoms with Gasteiger partial charge in [0, 0.05) is 47.2 Å². The van der Waals surface area contributed by atoms with Crippen molar-refractivity contribution in [2.75, 3.05) is 0 Å². The highest BCUT2D eigenvalue weighted by molar-refractivity contribution is 7.23. The van der Waals surface area contributed by atoms with Crippen LogP contribution in [0.4, 0.5) is 0 Å². The Morgan fingerprint density at radius 3 is 1.19 bits per heavy atom. The summed E-state index contributed by atoms with van der Waals surface area (Å²) in [5.41, 5.74) is 4.77. The van der Waals surface area contributed by atoms with Crippen LogP contribution in [0.5, 0.6) is 0 Å². The van der Waals surface area contributed by atoms with E-state index in [1.165, 1.54) is 27.3 Å². The van der Waals surface area contributed by atoms with Gasteiger partial charge in [0.25, 0.3) is 0 Å². The SMILES string of the molecule is O=C1C(=Cc2cc3c(s2)-c2sc(C=C4C(=O)c5cc6ccccc6cc5C4=O)cc2C32CCCCC2)C(=O)c2cc3ccccc3cc21. The molecule has 1 saturated carbocycles. The Hall–Kier alpha value is -5.04. The second-order valence-electron chi connectivity index (χ2n) is 13.3. The molecule has 0 bridgehead atoms. The fourth-order valence-corrected chi connectivity index (χ4v) is 11.0. The lowest BCUT2D eigenvalue weighted by atomic mass is 9.68. The molecule has 0 atom stereocenters. The molecule has 1 fully saturated rings. The van der Waals surface area contributed by atoms with Gasteiger partial charge in [-0.05, 0) is 94.1 Å². The van der Waals surface area contributed by atoms with Gasteiger partial charge in [-0.3, -0.25) is 19.2 Å². The zero-order chi connectivity index (χ0) is 32.3. The highest BCUT2D eigenvalue weighted by Crippen LogP contribution is 2.61. The number of fused-ring (bicyclic) bond motifs is 9. The van der Waals surface area contributed by atoms with E-state index in [9.17, 15) is 19.2 Å². The lowest BCUT2D eigenvalue weighted by Gasteiger charge is -2.34. The smallest absolute Gasteiger partial charge is 0.197 e. The predicted molar refractivity (Wildman–Crippen MR) is 193 cm³/mol. The quantitative estimate of drug-likeness (QED) is 0.137. The van der Waals surface area contributed by atoms with Crippen molar-refractivity contribution in [3.8, 4) is 9.75 Å². The maximum atomic E-state index is 13.6. The predicted octanol–water partition coefficient (Wildman–Crippen LogP) is 10.3. The van der Waals surface area contributed by atoms with Crippen LogP contribution in [0.2, 0.25) is 0 Å². The molecule has 10 rings (SSSR count). The molecule has 0 saturated heterocycles. The molecule has 0 amide bonds. The van der Waals surface area contributed by atoms with Gasteiger partial charge in [0.1, 0.15) is 0 Å². The average molecular weight is 659 g/mol. The highest BCUT2D eigenvalue weighted by Gasteiger charge is 2.47. The third-order valence-electron chi connectivity index (χ3n) is 10.7. The first-order chi connectivity index (χ1) is 23.4. The number of allylic oxidation sites excluding steroid dienone is 2. The molecule has 1 spiro atoms. The van der Waals surface area contributed by atoms with E-state index in [4.69, 9.17) is 0 Å². The molecule has 4 aliphatic carbocycles. The van der Waals surface area contributed by atoms with Gasteiger partial charge >= 0.3 is 0 Å². The molecule has 230 valence electrons. The fourth-order valence-electron chi connectivity index (χ4n) is 8.42. The van der Waals surface area contributed by atoms with Gasteiger partial charge in [0.05, 0.1) is 11.1 Å². The van der Waals surface area contributed by atoms with Gasteiger partial charge in [-0.15, -0.1) is 22.7 Å². The van der Waals surface area contributed by atoms with Crippen molar-refractivity contribution in [1.29, 1.82) is 0 Å². The van der Waals surface area contributed by atoms with E-state index < -0.39 is 0 Å². The number of hydrogen-bond acceptors (Lipinski definition) is 6. The number of hydrogen-bond donors (Lipinski definition) is 0. The maximum absolute atomic E-state index is 13.6. The lowest BCUT2D eigenvalue weighted by molar-refractivity contribution is 0.0975. The Morgan fingerprint density at radius 1 is 0.479 bits per heavy atom. The van der Waals surface area contributed by atoms with Crippen LogP contribution in [-0.4, -0.2) is 23.1 Å². The summed E-state index contributed by atoms with van der Waals surface area (Å²) in [6.45, 7) is 0. The number of ketones is 4. The summed E-state index contributed by atoms with van der Waals surface area (Å²) >= 11 is 3.26. The summed E-state index contributed by atoms with van der Waals surface area (Å²) in [6.07, 6.45) is 9.08. The average Bonchev–Trinajstić information content (AvgIpc) is 3.88. The van der Waals surface area contributed by atoms with E-state index in [0.717, 1.165) is 57.0 Å². The van der Waals surface area contributed by atoms with Crippen LogP contribution in [0.15, 0.2) is 96.1 Å². The topological polar surface area (TPSA) is 68.3 Å². The Labute approximate surface area is 284 Å². The molecule has 48 heavy (non-hydrogen) atoms. The minimum Gasteiger partial charge on any atom is -0.288 e. The Morgan fingerprint density at radius 2 is 0.833 bits per heavy atom. The van der Waals surface area contributed by atoms with Gasteiger partial charge in [-0.2, -0.15) is 0 Å². The Kier molecular flexibility index (Phi) is 5.83. The van der Waals surface area contributed by atoms with Crippen LogP contribution in [0.25, 0.3) is 43.5 Å². The molecule has 4 aliphatic rings. The van der Waals surface area contributed by atoms with Crippen molar-refractivity contribution in [3.63, 3.8) is 0 Å². The van der Waals surface area contributed by atoms with Gasteiger partial charge < -0.3 is 0 Å². The first kappa shape index (κ1) is 28.0. The van der Waals surface area contributed by atoms with Gasteiger partial charge in [-0.1, -0.05) is 67.8 Å². The molecule has 2 heterocycles. The number of rotatable bonds is 2. The normalized spacial score (nSPS) is 17.4. The molecule has 2 aromatic heterocycles. The second-order valence-corrected chi connectivity index (χ2v) is 15.5. The van der Waals surface area contributed by atoms with Crippen LogP contribution >= 0.6 is 22.7 Å². The summed E-state index contributed by atoms with van der Waals surface area (Å²) in [5, 5.41) is 3.79. The third kappa shape index (κ3) is 3.81. The van der Waals surface area contributed by atoms with E-state index in [0.29, 0.717) is 22.3 Å². The lowest BCUT2D eigenvalue weighted by Crippen LogP contribution is -2.27. The fraction of sp³-hybridized carbons (Fsp3) is 0.143. The molecule has 6 aromatic rings. The van der Waals surface area contributed by atoms with Crippen LogP contribution in [-0.2, 0) is 5.41 Å². The molecule has 0 unspecified atom stereocenters. The zero-order valence-electron chi connectivity index (χ0n) is 25.7. The standard InChI is InChI=1S/C42H26O4S2/c43-36-28-14-22-8-2-3-9-23(22)15-29(28)37(44)32(36)18-26-20-34-40(47-26)41-35(42(34)12-6-1-7-13-42)21-27(48-41)19-33-38(45)30-16-24-10-4-5-11-25(24)17-31(30)39(33)46/h2-5,8-11,14-21H,1,6-7,12-13H2. The molecule has 4 nitrogen and oxygen atoms in total. The molecule has 6 heteroatoms. The monoisotopic (exact) mass is 658 g/mol. The summed E-state index contributed by atoms with van der Waals surface area (Å²) < 4.78 is 0. The van der Waals surface area contributed by atoms with E-state index in [2.05, 4.69) is 12.1 Å². The number of carbonyl (C=O) groups is 4. The first-order valence-corrected chi connectivity index (χ1v) is 18.0. The Balaban J connectivity index is 1.05. The minimum absolute atomic E-state index is 0.141. The highest BCUT2D eigenvalue weighted by atomic mass is 32.1. The molecule has 0 aliphatic heterocycles. The van der Waals surface area contributed by atoms with Crippen LogP contribution in [0.1, 0.15) is 94.4 Å². The maximum Gasteiger partial charge on any atom is 0.197 e. The number of carbonyl (C=O) groups excluding carboxylic acids is 4. The molecular formula is C42H26O4S2. The van der Waals surface area contributed by atoms with E-state index in [-0.39, 0.29) is 39.7 Å². The van der Waals surface area contributed by atoms with Crippen molar-refractivity contribution in [3.05, 3.63) is 139 Å². The van der Waals surface area contributed by atoms with Crippen molar-refractivity contribution >= 4 is 79.5 Å². The molecule has 0 N–H and O–H groups in total. The largest absolute Gasteiger partial charge is 0.288 e. The van der Waals surface area contributed by atoms with E-state index in [1.54, 1.807) is 34.8 Å². The number of benzene rings is 4. The van der Waals surface area contributed by atoms with Gasteiger partial charge in [0.2, 0.25) is 0 Å². The van der Waals surface area contributed by atoms with Crippen LogP contribution in [0, 0.1) is 0 Å².